The third kappa shape index (κ3) is 5.01. The van der Waals surface area contributed by atoms with Crippen LogP contribution in [0.15, 0.2) is 20.2 Å². The Hall–Kier alpha value is -1.78. The van der Waals surface area contributed by atoms with E-state index >= 15 is 0 Å². The zero-order chi connectivity index (χ0) is 22.0. The topological polar surface area (TPSA) is 105 Å². The van der Waals surface area contributed by atoms with E-state index in [1.54, 1.807) is 11.4 Å². The molecule has 8 nitrogen and oxygen atoms in total. The summed E-state index contributed by atoms with van der Waals surface area (Å²) in [6.07, 6.45) is 6.32. The Morgan fingerprint density at radius 2 is 2.06 bits per heavy atom. The van der Waals surface area contributed by atoms with Crippen molar-refractivity contribution >= 4 is 27.3 Å². The number of carbonyl (C=O) groups excluding carboxylic acids is 1. The lowest BCUT2D eigenvalue weighted by Crippen LogP contribution is -2.48. The smallest absolute Gasteiger partial charge is 0.252 e. The van der Waals surface area contributed by atoms with Crippen molar-refractivity contribution in [2.45, 2.75) is 69.0 Å². The molecule has 0 aromatic carbocycles. The Bertz CT molecular complexity index is 1010. The third-order valence-electron chi connectivity index (χ3n) is 6.32. The first-order valence-corrected chi connectivity index (χ1v) is 13.4. The van der Waals surface area contributed by atoms with Crippen LogP contribution >= 0.6 is 11.3 Å². The molecule has 0 spiro atoms. The fraction of sp³-hybridized carbons (Fsp3) is 0.667. The van der Waals surface area contributed by atoms with Gasteiger partial charge in [-0.3, -0.25) is 4.79 Å². The first-order valence-electron chi connectivity index (χ1n) is 11.1. The molecule has 1 atom stereocenters. The minimum Gasteiger partial charge on any atom is -0.353 e. The molecule has 4 rings (SSSR count). The molecule has 1 aliphatic carbocycles. The second-order valence-corrected chi connectivity index (χ2v) is 11.8. The zero-order valence-electron chi connectivity index (χ0n) is 18.0. The first-order chi connectivity index (χ1) is 14.9. The quantitative estimate of drug-likeness (QED) is 0.699. The summed E-state index contributed by atoms with van der Waals surface area (Å²) in [7, 11) is -3.67. The summed E-state index contributed by atoms with van der Waals surface area (Å²) >= 11 is 1.15. The Balaban J connectivity index is 1.42. The number of aryl methyl sites for hydroxylation is 1. The summed E-state index contributed by atoms with van der Waals surface area (Å²) in [5.41, 5.74) is 0.629. The van der Waals surface area contributed by atoms with E-state index in [0.29, 0.717) is 36.7 Å². The van der Waals surface area contributed by atoms with Crippen LogP contribution in [-0.4, -0.2) is 47.9 Å². The normalized spacial score (nSPS) is 25.4. The van der Waals surface area contributed by atoms with E-state index in [0.717, 1.165) is 49.4 Å². The maximum absolute atomic E-state index is 13.2. The van der Waals surface area contributed by atoms with Gasteiger partial charge in [0.05, 0.1) is 5.92 Å². The number of carbonyl (C=O) groups is 1. The highest BCUT2D eigenvalue weighted by Gasteiger charge is 2.35. The van der Waals surface area contributed by atoms with Crippen molar-refractivity contribution in [3.05, 3.63) is 17.3 Å². The van der Waals surface area contributed by atoms with Crippen molar-refractivity contribution in [3.63, 3.8) is 0 Å². The van der Waals surface area contributed by atoms with Crippen molar-refractivity contribution in [3.8, 4) is 11.4 Å². The maximum atomic E-state index is 13.2. The number of aromatic nitrogens is 2. The van der Waals surface area contributed by atoms with E-state index in [1.165, 1.54) is 4.31 Å². The van der Waals surface area contributed by atoms with Crippen LogP contribution in [0.25, 0.3) is 11.4 Å². The van der Waals surface area contributed by atoms with E-state index < -0.39 is 10.0 Å². The van der Waals surface area contributed by atoms with Gasteiger partial charge >= 0.3 is 0 Å². The van der Waals surface area contributed by atoms with Crippen LogP contribution in [0, 0.1) is 11.8 Å². The van der Waals surface area contributed by atoms with Gasteiger partial charge in [-0.1, -0.05) is 19.0 Å². The molecule has 2 aliphatic rings. The second kappa shape index (κ2) is 9.38. The molecule has 1 unspecified atom stereocenters. The van der Waals surface area contributed by atoms with Crippen LogP contribution in [0.2, 0.25) is 0 Å². The highest BCUT2D eigenvalue weighted by atomic mass is 32.2. The Kier molecular flexibility index (Phi) is 6.78. The number of sulfonamides is 1. The molecule has 0 bridgehead atoms. The van der Waals surface area contributed by atoms with E-state index in [2.05, 4.69) is 22.4 Å². The van der Waals surface area contributed by atoms with Crippen LogP contribution in [0.5, 0.6) is 0 Å². The molecular formula is C21H30N4O4S2. The number of hydrogen-bond donors (Lipinski definition) is 1. The van der Waals surface area contributed by atoms with Gasteiger partial charge in [-0.25, -0.2) is 8.42 Å². The van der Waals surface area contributed by atoms with Gasteiger partial charge in [-0.05, 0) is 50.5 Å². The van der Waals surface area contributed by atoms with E-state index in [9.17, 15) is 13.2 Å². The predicted molar refractivity (Wildman–Crippen MR) is 118 cm³/mol. The van der Waals surface area contributed by atoms with Crippen molar-refractivity contribution in [2.24, 2.45) is 11.8 Å². The lowest BCUT2D eigenvalue weighted by Gasteiger charge is -2.33. The van der Waals surface area contributed by atoms with Gasteiger partial charge in [-0.2, -0.15) is 9.29 Å². The number of nitrogens with zero attached hydrogens (tertiary/aromatic N) is 3. The number of thiophene rings is 1. The number of amides is 1. The fourth-order valence-electron chi connectivity index (χ4n) is 4.31. The van der Waals surface area contributed by atoms with Gasteiger partial charge < -0.3 is 9.84 Å². The number of rotatable bonds is 6. The highest BCUT2D eigenvalue weighted by Crippen LogP contribution is 2.31. The molecule has 0 radical (unpaired) electrons. The van der Waals surface area contributed by atoms with Crippen LogP contribution < -0.4 is 5.32 Å². The summed E-state index contributed by atoms with van der Waals surface area (Å²) < 4.78 is 33.3. The molecule has 1 N–H and O–H groups in total. The molecule has 1 aliphatic heterocycles. The minimum absolute atomic E-state index is 0.00906. The van der Waals surface area contributed by atoms with Gasteiger partial charge in [0, 0.05) is 36.5 Å². The average Bonchev–Trinajstić information content (AvgIpc) is 3.45. The van der Waals surface area contributed by atoms with Gasteiger partial charge in [0.1, 0.15) is 4.21 Å². The molecule has 1 saturated heterocycles. The van der Waals surface area contributed by atoms with E-state index in [1.807, 2.05) is 6.92 Å². The highest BCUT2D eigenvalue weighted by molar-refractivity contribution is 7.91. The van der Waals surface area contributed by atoms with Crippen molar-refractivity contribution < 1.29 is 17.7 Å². The summed E-state index contributed by atoms with van der Waals surface area (Å²) in [6, 6.07) is 1.82. The minimum atomic E-state index is -3.67. The van der Waals surface area contributed by atoms with Crippen molar-refractivity contribution in [1.82, 2.24) is 19.8 Å². The molecule has 1 saturated carbocycles. The number of hydrogen-bond acceptors (Lipinski definition) is 7. The van der Waals surface area contributed by atoms with Gasteiger partial charge in [0.2, 0.25) is 17.6 Å². The Morgan fingerprint density at radius 1 is 1.29 bits per heavy atom. The third-order valence-corrected chi connectivity index (χ3v) is 9.60. The molecule has 2 aromatic heterocycles. The molecule has 2 fully saturated rings. The second-order valence-electron chi connectivity index (χ2n) is 8.69. The Morgan fingerprint density at radius 3 is 2.77 bits per heavy atom. The summed E-state index contributed by atoms with van der Waals surface area (Å²) in [4.78, 5) is 17.1. The summed E-state index contributed by atoms with van der Waals surface area (Å²) in [5, 5.41) is 8.82. The molecule has 10 heteroatoms. The Labute approximate surface area is 187 Å². The van der Waals surface area contributed by atoms with Gasteiger partial charge in [0.25, 0.3) is 10.0 Å². The van der Waals surface area contributed by atoms with Gasteiger partial charge in [0.15, 0.2) is 0 Å². The SMILES string of the molecule is CCc1nc(-c2csc(S(=O)(=O)N3CCCC(C(=O)NC4CCC(C)CC4)C3)c2)no1. The monoisotopic (exact) mass is 466 g/mol. The standard InChI is InChI=1S/C21H30N4O4S2/c1-3-18-23-20(24-29-18)16-11-19(30-13-16)31(27,28)25-10-4-5-15(12-25)21(26)22-17-8-6-14(2)7-9-17/h11,13-15,17H,3-10,12H2,1-2H3,(H,22,26). The molecular weight excluding hydrogens is 436 g/mol. The molecule has 1 amide bonds. The van der Waals surface area contributed by atoms with Crippen molar-refractivity contribution in [1.29, 1.82) is 0 Å². The predicted octanol–water partition coefficient (Wildman–Crippen LogP) is 3.46. The molecule has 2 aromatic rings. The van der Waals surface area contributed by atoms with E-state index in [4.69, 9.17) is 4.52 Å². The van der Waals surface area contributed by atoms with Crippen molar-refractivity contribution in [2.75, 3.05) is 13.1 Å². The van der Waals surface area contributed by atoms with E-state index in [-0.39, 0.29) is 28.6 Å². The van der Waals surface area contributed by atoms with Crippen LogP contribution in [-0.2, 0) is 21.2 Å². The summed E-state index contributed by atoms with van der Waals surface area (Å²) in [5.74, 6) is 1.33. The van der Waals surface area contributed by atoms with Crippen LogP contribution in [0.4, 0.5) is 0 Å². The molecule has 31 heavy (non-hydrogen) atoms. The van der Waals surface area contributed by atoms with Gasteiger partial charge in [-0.15, -0.1) is 11.3 Å². The maximum Gasteiger partial charge on any atom is 0.252 e. The molecule has 170 valence electrons. The largest absolute Gasteiger partial charge is 0.353 e. The number of nitrogens with one attached hydrogen (secondary N) is 1. The first kappa shape index (κ1) is 22.4. The summed E-state index contributed by atoms with van der Waals surface area (Å²) in [6.45, 7) is 4.83. The fourth-order valence-corrected chi connectivity index (χ4v) is 7.14. The van der Waals surface area contributed by atoms with Crippen LogP contribution in [0.1, 0.15) is 58.3 Å². The van der Waals surface area contributed by atoms with Crippen LogP contribution in [0.3, 0.4) is 0 Å². The molecule has 3 heterocycles. The average molecular weight is 467 g/mol. The zero-order valence-corrected chi connectivity index (χ0v) is 19.7. The lowest BCUT2D eigenvalue weighted by atomic mass is 9.87. The lowest BCUT2D eigenvalue weighted by molar-refractivity contribution is -0.127. The number of piperidine rings is 1.